The van der Waals surface area contributed by atoms with Crippen molar-refractivity contribution >= 4 is 26.5 Å². The van der Waals surface area contributed by atoms with Crippen LogP contribution in [0.3, 0.4) is 0 Å². The highest BCUT2D eigenvalue weighted by Gasteiger charge is 2.31. The summed E-state index contributed by atoms with van der Waals surface area (Å²) in [5.74, 6) is 0. The van der Waals surface area contributed by atoms with Gasteiger partial charge in [-0.15, -0.1) is 10.2 Å². The number of hydrogen-bond donors (Lipinski definition) is 1. The standard InChI is InChI=1S/C9H16N4O2S2/c1-13(7-5-3-2-4-6-7)17(14,15)9-12-11-8(10)16-9/h7H,2-6H2,1H3,(H2,10,11). The molecule has 0 aromatic carbocycles. The molecule has 0 atom stereocenters. The van der Waals surface area contributed by atoms with Gasteiger partial charge in [-0.2, -0.15) is 4.31 Å². The van der Waals surface area contributed by atoms with Gasteiger partial charge in [-0.3, -0.25) is 0 Å². The van der Waals surface area contributed by atoms with Crippen LogP contribution in [0.15, 0.2) is 4.34 Å². The molecule has 6 nitrogen and oxygen atoms in total. The lowest BCUT2D eigenvalue weighted by molar-refractivity contribution is 0.285. The van der Waals surface area contributed by atoms with E-state index in [4.69, 9.17) is 5.73 Å². The molecule has 0 radical (unpaired) electrons. The second-order valence-electron chi connectivity index (χ2n) is 4.22. The topological polar surface area (TPSA) is 89.2 Å². The number of hydrogen-bond acceptors (Lipinski definition) is 6. The zero-order valence-corrected chi connectivity index (χ0v) is 11.3. The molecule has 1 fully saturated rings. The van der Waals surface area contributed by atoms with E-state index < -0.39 is 10.0 Å². The van der Waals surface area contributed by atoms with E-state index in [1.165, 1.54) is 10.7 Å². The molecule has 0 bridgehead atoms. The lowest BCUT2D eigenvalue weighted by Gasteiger charge is -2.29. The van der Waals surface area contributed by atoms with Crippen molar-refractivity contribution in [2.75, 3.05) is 12.8 Å². The van der Waals surface area contributed by atoms with Crippen molar-refractivity contribution < 1.29 is 8.42 Å². The zero-order valence-electron chi connectivity index (χ0n) is 9.66. The zero-order chi connectivity index (χ0) is 12.5. The van der Waals surface area contributed by atoms with Crippen LogP contribution in [-0.2, 0) is 10.0 Å². The molecule has 2 rings (SSSR count). The van der Waals surface area contributed by atoms with Crippen LogP contribution in [0.2, 0.25) is 0 Å². The third-order valence-corrected chi connectivity index (χ3v) is 6.12. The Hall–Kier alpha value is -0.730. The second-order valence-corrected chi connectivity index (χ2v) is 7.40. The molecule has 17 heavy (non-hydrogen) atoms. The third-order valence-electron chi connectivity index (χ3n) is 3.11. The van der Waals surface area contributed by atoms with Gasteiger partial charge in [0.05, 0.1) is 0 Å². The number of sulfonamides is 1. The molecule has 2 N–H and O–H groups in total. The maximum absolute atomic E-state index is 12.2. The molecule has 1 aliphatic carbocycles. The molecule has 1 heterocycles. The van der Waals surface area contributed by atoms with E-state index in [0.29, 0.717) is 0 Å². The van der Waals surface area contributed by atoms with Crippen LogP contribution in [0.25, 0.3) is 0 Å². The van der Waals surface area contributed by atoms with E-state index in [9.17, 15) is 8.42 Å². The smallest absolute Gasteiger partial charge is 0.272 e. The summed E-state index contributed by atoms with van der Waals surface area (Å²) in [5, 5.41) is 7.35. The molecule has 96 valence electrons. The summed E-state index contributed by atoms with van der Waals surface area (Å²) < 4.78 is 25.9. The van der Waals surface area contributed by atoms with Crippen molar-refractivity contribution in [2.24, 2.45) is 0 Å². The van der Waals surface area contributed by atoms with Gasteiger partial charge in [0.15, 0.2) is 0 Å². The molecule has 1 saturated carbocycles. The highest BCUT2D eigenvalue weighted by Crippen LogP contribution is 2.27. The monoisotopic (exact) mass is 276 g/mol. The quantitative estimate of drug-likeness (QED) is 0.892. The average molecular weight is 276 g/mol. The molecule has 8 heteroatoms. The number of aromatic nitrogens is 2. The fourth-order valence-corrected chi connectivity index (χ4v) is 4.45. The van der Waals surface area contributed by atoms with Gasteiger partial charge >= 0.3 is 0 Å². The fourth-order valence-electron chi connectivity index (χ4n) is 2.09. The largest absolute Gasteiger partial charge is 0.374 e. The van der Waals surface area contributed by atoms with Crippen molar-refractivity contribution in [3.63, 3.8) is 0 Å². The van der Waals surface area contributed by atoms with Crippen LogP contribution >= 0.6 is 11.3 Å². The fraction of sp³-hybridized carbons (Fsp3) is 0.778. The Kier molecular flexibility index (Phi) is 3.64. The molecule has 0 unspecified atom stereocenters. The van der Waals surface area contributed by atoms with Crippen LogP contribution in [0.4, 0.5) is 5.13 Å². The number of rotatable bonds is 3. The molecule has 0 aliphatic heterocycles. The number of anilines is 1. The lowest BCUT2D eigenvalue weighted by Crippen LogP contribution is -2.38. The van der Waals surface area contributed by atoms with E-state index in [-0.39, 0.29) is 15.5 Å². The van der Waals surface area contributed by atoms with Gasteiger partial charge in [0.2, 0.25) is 9.47 Å². The molecule has 0 saturated heterocycles. The molecule has 1 aliphatic rings. The first-order valence-corrected chi connectivity index (χ1v) is 7.84. The maximum Gasteiger partial charge on any atom is 0.272 e. The van der Waals surface area contributed by atoms with Crippen LogP contribution < -0.4 is 5.73 Å². The van der Waals surface area contributed by atoms with Crippen LogP contribution in [-0.4, -0.2) is 36.0 Å². The maximum atomic E-state index is 12.2. The predicted octanol–water partition coefficient (Wildman–Crippen LogP) is 1.07. The summed E-state index contributed by atoms with van der Waals surface area (Å²) in [5.41, 5.74) is 5.42. The van der Waals surface area contributed by atoms with Crippen molar-refractivity contribution in [1.29, 1.82) is 0 Å². The van der Waals surface area contributed by atoms with Gasteiger partial charge in [-0.25, -0.2) is 8.42 Å². The molecular formula is C9H16N4O2S2. The highest BCUT2D eigenvalue weighted by atomic mass is 32.2. The van der Waals surface area contributed by atoms with E-state index in [2.05, 4.69) is 10.2 Å². The Labute approximate surface area is 105 Å². The summed E-state index contributed by atoms with van der Waals surface area (Å²) in [7, 11) is -1.91. The molecule has 0 amide bonds. The van der Waals surface area contributed by atoms with Crippen LogP contribution in [0.1, 0.15) is 32.1 Å². The molecule has 1 aromatic rings. The summed E-state index contributed by atoms with van der Waals surface area (Å²) in [6.07, 6.45) is 5.20. The van der Waals surface area contributed by atoms with Crippen molar-refractivity contribution in [2.45, 2.75) is 42.5 Å². The van der Waals surface area contributed by atoms with E-state index >= 15 is 0 Å². The summed E-state index contributed by atoms with van der Waals surface area (Å²) in [4.78, 5) is 0. The minimum atomic E-state index is -3.52. The molecule has 1 aromatic heterocycles. The van der Waals surface area contributed by atoms with Crippen molar-refractivity contribution in [1.82, 2.24) is 14.5 Å². The molecule has 0 spiro atoms. The first-order valence-electron chi connectivity index (χ1n) is 5.59. The summed E-state index contributed by atoms with van der Waals surface area (Å²) in [6.45, 7) is 0. The number of nitrogen functional groups attached to an aromatic ring is 1. The summed E-state index contributed by atoms with van der Waals surface area (Å²) in [6, 6.07) is 0.0823. The normalized spacial score (nSPS) is 18.7. The van der Waals surface area contributed by atoms with E-state index in [1.54, 1.807) is 7.05 Å². The Bertz CT molecular complexity index is 479. The first-order chi connectivity index (χ1) is 8.01. The van der Waals surface area contributed by atoms with Gasteiger partial charge in [-0.1, -0.05) is 30.6 Å². The van der Waals surface area contributed by atoms with Gasteiger partial charge < -0.3 is 5.73 Å². The first kappa shape index (κ1) is 12.7. The lowest BCUT2D eigenvalue weighted by atomic mass is 9.96. The predicted molar refractivity (Wildman–Crippen MR) is 66.1 cm³/mol. The van der Waals surface area contributed by atoms with Gasteiger partial charge in [0, 0.05) is 13.1 Å². The van der Waals surface area contributed by atoms with Crippen molar-refractivity contribution in [3.8, 4) is 0 Å². The van der Waals surface area contributed by atoms with Gasteiger partial charge in [-0.05, 0) is 12.8 Å². The Balaban J connectivity index is 2.20. The van der Waals surface area contributed by atoms with Gasteiger partial charge in [0.1, 0.15) is 0 Å². The SMILES string of the molecule is CN(C1CCCCC1)S(=O)(=O)c1nnc(N)s1. The van der Waals surface area contributed by atoms with E-state index in [1.807, 2.05) is 0 Å². The van der Waals surface area contributed by atoms with Crippen LogP contribution in [0, 0.1) is 0 Å². The number of nitrogens with zero attached hydrogens (tertiary/aromatic N) is 3. The average Bonchev–Trinajstić information content (AvgIpc) is 2.77. The van der Waals surface area contributed by atoms with Crippen LogP contribution in [0.5, 0.6) is 0 Å². The molecular weight excluding hydrogens is 260 g/mol. The third kappa shape index (κ3) is 2.58. The van der Waals surface area contributed by atoms with E-state index in [0.717, 1.165) is 37.0 Å². The van der Waals surface area contributed by atoms with Crippen molar-refractivity contribution in [3.05, 3.63) is 0 Å². The highest BCUT2D eigenvalue weighted by molar-refractivity contribution is 7.91. The second kappa shape index (κ2) is 4.87. The summed E-state index contributed by atoms with van der Waals surface area (Å²) >= 11 is 0.913. The Morgan fingerprint density at radius 1 is 1.29 bits per heavy atom. The Morgan fingerprint density at radius 2 is 1.94 bits per heavy atom. The van der Waals surface area contributed by atoms with Gasteiger partial charge in [0.25, 0.3) is 10.0 Å². The minimum absolute atomic E-state index is 0.0110. The minimum Gasteiger partial charge on any atom is -0.374 e. The Morgan fingerprint density at radius 3 is 2.47 bits per heavy atom. The number of nitrogens with two attached hydrogens (primary N) is 1.